The van der Waals surface area contributed by atoms with Crippen LogP contribution >= 0.6 is 0 Å². The van der Waals surface area contributed by atoms with Gasteiger partial charge in [0.05, 0.1) is 0 Å². The predicted molar refractivity (Wildman–Crippen MR) is 75.5 cm³/mol. The van der Waals surface area contributed by atoms with Gasteiger partial charge in [-0.2, -0.15) is 0 Å². The molecule has 3 aliphatic rings. The van der Waals surface area contributed by atoms with Gasteiger partial charge in [-0.15, -0.1) is 0 Å². The molecule has 3 saturated carbocycles. The average Bonchev–Trinajstić information content (AvgIpc) is 3.00. The van der Waals surface area contributed by atoms with Crippen LogP contribution in [0.15, 0.2) is 12.2 Å². The predicted octanol–water partition coefficient (Wildman–Crippen LogP) is 3.96. The SMILES string of the molecule is C=C(C)C(=O)OC(C)(C)C1CC2C3CCC(C3)C2C1. The van der Waals surface area contributed by atoms with Crippen molar-refractivity contribution in [1.82, 2.24) is 0 Å². The zero-order chi connectivity index (χ0) is 13.8. The van der Waals surface area contributed by atoms with Crippen molar-refractivity contribution in [2.24, 2.45) is 29.6 Å². The van der Waals surface area contributed by atoms with Gasteiger partial charge in [-0.3, -0.25) is 0 Å². The van der Waals surface area contributed by atoms with Gasteiger partial charge >= 0.3 is 5.97 Å². The highest BCUT2D eigenvalue weighted by Gasteiger charge is 2.54. The zero-order valence-corrected chi connectivity index (χ0v) is 12.4. The minimum Gasteiger partial charge on any atom is -0.456 e. The smallest absolute Gasteiger partial charge is 0.333 e. The van der Waals surface area contributed by atoms with Crippen molar-refractivity contribution in [3.8, 4) is 0 Å². The van der Waals surface area contributed by atoms with E-state index in [4.69, 9.17) is 4.74 Å². The molecule has 0 amide bonds. The van der Waals surface area contributed by atoms with Crippen LogP contribution in [0, 0.1) is 29.6 Å². The fourth-order valence-corrected chi connectivity index (χ4v) is 4.99. The van der Waals surface area contributed by atoms with Crippen LogP contribution in [-0.2, 0) is 9.53 Å². The van der Waals surface area contributed by atoms with Crippen molar-refractivity contribution in [2.45, 2.75) is 58.5 Å². The summed E-state index contributed by atoms with van der Waals surface area (Å²) in [6.45, 7) is 9.58. The van der Waals surface area contributed by atoms with Gasteiger partial charge < -0.3 is 4.74 Å². The Hall–Kier alpha value is -0.790. The fourth-order valence-electron chi connectivity index (χ4n) is 4.99. The van der Waals surface area contributed by atoms with Crippen molar-refractivity contribution >= 4 is 5.97 Å². The monoisotopic (exact) mass is 262 g/mol. The van der Waals surface area contributed by atoms with Crippen LogP contribution in [0.25, 0.3) is 0 Å². The maximum atomic E-state index is 11.8. The molecule has 2 nitrogen and oxygen atoms in total. The van der Waals surface area contributed by atoms with Gasteiger partial charge in [-0.1, -0.05) is 6.58 Å². The molecule has 4 atom stereocenters. The van der Waals surface area contributed by atoms with Gasteiger partial charge in [0.15, 0.2) is 0 Å². The summed E-state index contributed by atoms with van der Waals surface area (Å²) in [5, 5.41) is 0. The second-order valence-electron chi connectivity index (χ2n) is 7.60. The topological polar surface area (TPSA) is 26.3 Å². The van der Waals surface area contributed by atoms with Gasteiger partial charge in [0, 0.05) is 5.57 Å². The number of hydrogen-bond donors (Lipinski definition) is 0. The first-order valence-electron chi connectivity index (χ1n) is 7.77. The molecule has 3 rings (SSSR count). The molecule has 0 aliphatic heterocycles. The summed E-state index contributed by atoms with van der Waals surface area (Å²) in [6.07, 6.45) is 6.91. The van der Waals surface area contributed by atoms with E-state index in [1.54, 1.807) is 6.92 Å². The lowest BCUT2D eigenvalue weighted by Crippen LogP contribution is -2.36. The van der Waals surface area contributed by atoms with E-state index in [0.717, 1.165) is 23.7 Å². The molecular weight excluding hydrogens is 236 g/mol. The lowest BCUT2D eigenvalue weighted by atomic mass is 9.82. The van der Waals surface area contributed by atoms with Crippen LogP contribution in [0.5, 0.6) is 0 Å². The highest BCUT2D eigenvalue weighted by atomic mass is 16.6. The summed E-state index contributed by atoms with van der Waals surface area (Å²) in [5.74, 6) is 4.11. The van der Waals surface area contributed by atoms with E-state index >= 15 is 0 Å². The molecule has 106 valence electrons. The highest BCUT2D eigenvalue weighted by Crippen LogP contribution is 2.61. The Labute approximate surface area is 116 Å². The number of hydrogen-bond acceptors (Lipinski definition) is 2. The van der Waals surface area contributed by atoms with Crippen LogP contribution in [0.1, 0.15) is 52.9 Å². The largest absolute Gasteiger partial charge is 0.456 e. The molecule has 0 saturated heterocycles. The van der Waals surface area contributed by atoms with Crippen LogP contribution in [0.4, 0.5) is 0 Å². The standard InChI is InChI=1S/C17H26O2/c1-10(2)16(18)19-17(3,4)13-8-14-11-5-6-12(7-11)15(14)9-13/h11-15H,1,5-9H2,2-4H3. The molecule has 3 fully saturated rings. The average molecular weight is 262 g/mol. The first kappa shape index (κ1) is 13.2. The molecule has 0 heterocycles. The minimum absolute atomic E-state index is 0.231. The lowest BCUT2D eigenvalue weighted by Gasteiger charge is -2.32. The summed E-state index contributed by atoms with van der Waals surface area (Å²) < 4.78 is 5.70. The third kappa shape index (κ3) is 2.13. The molecule has 0 aromatic heterocycles. The molecule has 0 radical (unpaired) electrons. The number of carbonyl (C=O) groups is 1. The first-order valence-corrected chi connectivity index (χ1v) is 7.77. The molecule has 2 bridgehead atoms. The molecule has 0 N–H and O–H groups in total. The number of carbonyl (C=O) groups excluding carboxylic acids is 1. The Balaban J connectivity index is 1.67. The Kier molecular flexibility index (Phi) is 3.03. The summed E-state index contributed by atoms with van der Waals surface area (Å²) in [5.41, 5.74) is 0.172. The highest BCUT2D eigenvalue weighted by molar-refractivity contribution is 5.87. The van der Waals surface area contributed by atoms with Crippen LogP contribution in [-0.4, -0.2) is 11.6 Å². The molecule has 0 aromatic rings. The molecular formula is C17H26O2. The van der Waals surface area contributed by atoms with Gasteiger partial charge in [-0.05, 0) is 82.5 Å². The second-order valence-corrected chi connectivity index (χ2v) is 7.60. The van der Waals surface area contributed by atoms with E-state index in [1.165, 1.54) is 32.1 Å². The maximum Gasteiger partial charge on any atom is 0.333 e. The Bertz CT molecular complexity index is 391. The quantitative estimate of drug-likeness (QED) is 0.568. The summed E-state index contributed by atoms with van der Waals surface area (Å²) in [6, 6.07) is 0. The Morgan fingerprint density at radius 1 is 1.11 bits per heavy atom. The summed E-state index contributed by atoms with van der Waals surface area (Å²) in [4.78, 5) is 11.8. The number of fused-ring (bicyclic) bond motifs is 5. The van der Waals surface area contributed by atoms with Crippen molar-refractivity contribution < 1.29 is 9.53 Å². The van der Waals surface area contributed by atoms with Gasteiger partial charge in [0.2, 0.25) is 0 Å². The van der Waals surface area contributed by atoms with Crippen molar-refractivity contribution in [2.75, 3.05) is 0 Å². The van der Waals surface area contributed by atoms with E-state index in [1.807, 2.05) is 0 Å². The van der Waals surface area contributed by atoms with Crippen LogP contribution in [0.3, 0.4) is 0 Å². The fraction of sp³-hybridized carbons (Fsp3) is 0.824. The third-order valence-corrected chi connectivity index (χ3v) is 6.08. The van der Waals surface area contributed by atoms with Crippen molar-refractivity contribution in [1.29, 1.82) is 0 Å². The third-order valence-electron chi connectivity index (χ3n) is 6.08. The Morgan fingerprint density at radius 3 is 2.11 bits per heavy atom. The van der Waals surface area contributed by atoms with E-state index in [0.29, 0.717) is 11.5 Å². The van der Waals surface area contributed by atoms with E-state index in [2.05, 4.69) is 20.4 Å². The molecule has 2 heteroatoms. The van der Waals surface area contributed by atoms with E-state index < -0.39 is 0 Å². The maximum absolute atomic E-state index is 11.8. The Morgan fingerprint density at radius 2 is 1.63 bits per heavy atom. The molecule has 0 aromatic carbocycles. The molecule has 3 aliphatic carbocycles. The lowest BCUT2D eigenvalue weighted by molar-refractivity contribution is -0.156. The molecule has 19 heavy (non-hydrogen) atoms. The van der Waals surface area contributed by atoms with Crippen LogP contribution < -0.4 is 0 Å². The molecule has 0 spiro atoms. The molecule has 4 unspecified atom stereocenters. The normalized spacial score (nSPS) is 40.3. The van der Waals surface area contributed by atoms with E-state index in [-0.39, 0.29) is 11.6 Å². The number of ether oxygens (including phenoxy) is 1. The van der Waals surface area contributed by atoms with E-state index in [9.17, 15) is 4.79 Å². The second kappa shape index (κ2) is 4.36. The summed E-state index contributed by atoms with van der Waals surface area (Å²) >= 11 is 0. The number of rotatable bonds is 3. The first-order chi connectivity index (χ1) is 8.88. The number of esters is 1. The zero-order valence-electron chi connectivity index (χ0n) is 12.4. The van der Waals surface area contributed by atoms with Crippen LogP contribution in [0.2, 0.25) is 0 Å². The summed E-state index contributed by atoms with van der Waals surface area (Å²) in [7, 11) is 0. The van der Waals surface area contributed by atoms with Gasteiger partial charge in [-0.25, -0.2) is 4.79 Å². The van der Waals surface area contributed by atoms with Gasteiger partial charge in [0.1, 0.15) is 5.60 Å². The van der Waals surface area contributed by atoms with Crippen molar-refractivity contribution in [3.63, 3.8) is 0 Å². The van der Waals surface area contributed by atoms with Crippen molar-refractivity contribution in [3.05, 3.63) is 12.2 Å². The van der Waals surface area contributed by atoms with Gasteiger partial charge in [0.25, 0.3) is 0 Å². The minimum atomic E-state index is -0.334.